The molecule has 1 fully saturated rings. The molecule has 30 heavy (non-hydrogen) atoms. The second-order valence-corrected chi connectivity index (χ2v) is 9.34. The van der Waals surface area contributed by atoms with Gasteiger partial charge in [-0.3, -0.25) is 14.5 Å². The van der Waals surface area contributed by atoms with Crippen LogP contribution in [0.3, 0.4) is 0 Å². The third kappa shape index (κ3) is 4.54. The lowest BCUT2D eigenvalue weighted by Crippen LogP contribution is -2.59. The van der Waals surface area contributed by atoms with E-state index in [0.29, 0.717) is 12.0 Å². The van der Waals surface area contributed by atoms with E-state index in [0.717, 1.165) is 10.8 Å². The molecule has 1 aliphatic heterocycles. The van der Waals surface area contributed by atoms with Crippen molar-refractivity contribution in [3.8, 4) is 0 Å². The van der Waals surface area contributed by atoms with Crippen molar-refractivity contribution in [1.29, 1.82) is 0 Å². The number of hydrogen-bond donors (Lipinski definition) is 1. The van der Waals surface area contributed by atoms with Crippen LogP contribution in [-0.2, 0) is 9.53 Å². The predicted molar refractivity (Wildman–Crippen MR) is 116 cm³/mol. The predicted octanol–water partition coefficient (Wildman–Crippen LogP) is 4.17. The fourth-order valence-corrected chi connectivity index (χ4v) is 3.43. The van der Waals surface area contributed by atoms with Crippen molar-refractivity contribution < 1.29 is 19.1 Å². The second kappa shape index (κ2) is 8.19. The average molecular weight is 411 g/mol. The Bertz CT molecular complexity index is 979. The first-order valence-electron chi connectivity index (χ1n) is 10.3. The molecule has 0 bridgehead atoms. The van der Waals surface area contributed by atoms with E-state index in [-0.39, 0.29) is 30.3 Å². The molecule has 2 aromatic carbocycles. The maximum absolute atomic E-state index is 13.3. The number of amides is 3. The lowest BCUT2D eigenvalue weighted by Gasteiger charge is -2.32. The third-order valence-electron chi connectivity index (χ3n) is 5.80. The molecule has 3 rings (SSSR count). The third-order valence-corrected chi connectivity index (χ3v) is 5.80. The van der Waals surface area contributed by atoms with Crippen molar-refractivity contribution >= 4 is 28.5 Å². The molecule has 160 valence electrons. The van der Waals surface area contributed by atoms with E-state index in [4.69, 9.17) is 4.74 Å². The highest BCUT2D eigenvalue weighted by atomic mass is 16.5. The highest BCUT2D eigenvalue weighted by Crippen LogP contribution is 2.24. The first-order valence-corrected chi connectivity index (χ1v) is 10.3. The molecule has 2 atom stereocenters. The minimum Gasteiger partial charge on any atom is -0.368 e. The first-order chi connectivity index (χ1) is 14.0. The quantitative estimate of drug-likeness (QED) is 0.821. The number of hydrogen-bond acceptors (Lipinski definition) is 4. The van der Waals surface area contributed by atoms with Gasteiger partial charge in [-0.05, 0) is 48.6 Å². The standard InChI is InChI=1S/C24H30N2O4/c1-16-24(5,20(27)15-30-16)25-22(29)26(13-12-23(2,3)4)21(28)19-11-10-17-8-6-7-9-18(17)14-19/h6-11,14,16H,12-13,15H2,1-5H3,(H,25,29). The monoisotopic (exact) mass is 410 g/mol. The van der Waals surface area contributed by atoms with E-state index in [1.54, 1.807) is 26.0 Å². The molecule has 0 aliphatic carbocycles. The first kappa shape index (κ1) is 22.0. The molecule has 2 aromatic rings. The van der Waals surface area contributed by atoms with Gasteiger partial charge >= 0.3 is 6.03 Å². The molecule has 1 saturated heterocycles. The lowest BCUT2D eigenvalue weighted by atomic mass is 9.91. The summed E-state index contributed by atoms with van der Waals surface area (Å²) < 4.78 is 5.40. The topological polar surface area (TPSA) is 75.7 Å². The number of fused-ring (bicyclic) bond motifs is 1. The molecule has 6 nitrogen and oxygen atoms in total. The van der Waals surface area contributed by atoms with Crippen LogP contribution in [0.5, 0.6) is 0 Å². The van der Waals surface area contributed by atoms with E-state index < -0.39 is 17.7 Å². The number of carbonyl (C=O) groups is 3. The second-order valence-electron chi connectivity index (χ2n) is 9.34. The Kier molecular flexibility index (Phi) is 5.99. The van der Waals surface area contributed by atoms with Crippen molar-refractivity contribution in [2.24, 2.45) is 5.41 Å². The molecule has 1 N–H and O–H groups in total. The van der Waals surface area contributed by atoms with Crippen LogP contribution in [0, 0.1) is 5.41 Å². The fraction of sp³-hybridized carbons (Fsp3) is 0.458. The van der Waals surface area contributed by atoms with Gasteiger partial charge in [0.1, 0.15) is 12.1 Å². The molecule has 1 aliphatic rings. The molecule has 0 spiro atoms. The van der Waals surface area contributed by atoms with E-state index in [2.05, 4.69) is 26.1 Å². The van der Waals surface area contributed by atoms with Crippen LogP contribution >= 0.6 is 0 Å². The summed E-state index contributed by atoms with van der Waals surface area (Å²) in [7, 11) is 0. The van der Waals surface area contributed by atoms with Gasteiger partial charge in [-0.2, -0.15) is 0 Å². The average Bonchev–Trinajstić information content (AvgIpc) is 2.93. The summed E-state index contributed by atoms with van der Waals surface area (Å²) in [6.07, 6.45) is 0.172. The largest absolute Gasteiger partial charge is 0.368 e. The highest BCUT2D eigenvalue weighted by molar-refractivity contribution is 6.07. The Labute approximate surface area is 177 Å². The van der Waals surface area contributed by atoms with Crippen molar-refractivity contribution in [3.05, 3.63) is 48.0 Å². The minimum absolute atomic E-state index is 0.0431. The van der Waals surface area contributed by atoms with Crippen molar-refractivity contribution in [2.75, 3.05) is 13.2 Å². The smallest absolute Gasteiger partial charge is 0.325 e. The Hall–Kier alpha value is -2.73. The molecule has 2 unspecified atom stereocenters. The maximum atomic E-state index is 13.3. The number of imide groups is 1. The number of nitrogens with zero attached hydrogens (tertiary/aromatic N) is 1. The molecular formula is C24H30N2O4. The van der Waals surface area contributed by atoms with E-state index in [9.17, 15) is 14.4 Å². The van der Waals surface area contributed by atoms with E-state index >= 15 is 0 Å². The molecule has 0 saturated carbocycles. The lowest BCUT2D eigenvalue weighted by molar-refractivity contribution is -0.121. The van der Waals surface area contributed by atoms with Crippen molar-refractivity contribution in [3.63, 3.8) is 0 Å². The maximum Gasteiger partial charge on any atom is 0.325 e. The molecule has 0 aromatic heterocycles. The summed E-state index contributed by atoms with van der Waals surface area (Å²) in [5.74, 6) is -0.581. The van der Waals surface area contributed by atoms with Gasteiger partial charge < -0.3 is 10.1 Å². The molecule has 1 heterocycles. The number of ketones is 1. The number of Topliss-reactive ketones (excluding diaryl/α,β-unsaturated/α-hetero) is 1. The van der Waals surface area contributed by atoms with Gasteiger partial charge in [0.25, 0.3) is 5.91 Å². The summed E-state index contributed by atoms with van der Waals surface area (Å²) in [4.78, 5) is 40.0. The number of nitrogens with one attached hydrogen (secondary N) is 1. The van der Waals surface area contributed by atoms with Crippen LogP contribution in [0.25, 0.3) is 10.8 Å². The summed E-state index contributed by atoms with van der Waals surface area (Å²) >= 11 is 0. The van der Waals surface area contributed by atoms with Gasteiger partial charge in [-0.15, -0.1) is 0 Å². The zero-order valence-corrected chi connectivity index (χ0v) is 18.3. The van der Waals surface area contributed by atoms with Gasteiger partial charge in [0.15, 0.2) is 5.78 Å². The van der Waals surface area contributed by atoms with Crippen LogP contribution in [0.4, 0.5) is 4.79 Å². The van der Waals surface area contributed by atoms with Crippen LogP contribution in [0.15, 0.2) is 42.5 Å². The minimum atomic E-state index is -1.15. The fourth-order valence-electron chi connectivity index (χ4n) is 3.43. The van der Waals surface area contributed by atoms with Crippen LogP contribution in [0.2, 0.25) is 0 Å². The van der Waals surface area contributed by atoms with Gasteiger partial charge in [0.05, 0.1) is 6.10 Å². The zero-order valence-electron chi connectivity index (χ0n) is 18.3. The zero-order chi connectivity index (χ0) is 22.1. The van der Waals surface area contributed by atoms with Gasteiger partial charge in [0, 0.05) is 12.1 Å². The Morgan fingerprint density at radius 2 is 1.83 bits per heavy atom. The number of urea groups is 1. The number of benzene rings is 2. The van der Waals surface area contributed by atoms with E-state index in [1.807, 2.05) is 30.3 Å². The van der Waals surface area contributed by atoms with Crippen LogP contribution in [-0.4, -0.2) is 47.4 Å². The molecular weight excluding hydrogens is 380 g/mol. The van der Waals surface area contributed by atoms with Gasteiger partial charge in [-0.1, -0.05) is 51.1 Å². The molecule has 0 radical (unpaired) electrons. The Balaban J connectivity index is 1.89. The number of ether oxygens (including phenoxy) is 1. The summed E-state index contributed by atoms with van der Waals surface area (Å²) in [5.41, 5.74) is -0.781. The highest BCUT2D eigenvalue weighted by Gasteiger charge is 2.47. The number of rotatable bonds is 4. The van der Waals surface area contributed by atoms with Crippen LogP contribution in [0.1, 0.15) is 51.4 Å². The number of carbonyl (C=O) groups excluding carboxylic acids is 3. The molecule has 6 heteroatoms. The van der Waals surface area contributed by atoms with Gasteiger partial charge in [0.2, 0.25) is 0 Å². The summed E-state index contributed by atoms with van der Waals surface area (Å²) in [5, 5.41) is 4.72. The van der Waals surface area contributed by atoms with Gasteiger partial charge in [-0.25, -0.2) is 4.79 Å². The summed E-state index contributed by atoms with van der Waals surface area (Å²) in [6.45, 7) is 9.77. The van der Waals surface area contributed by atoms with Crippen molar-refractivity contribution in [2.45, 2.75) is 52.7 Å². The van der Waals surface area contributed by atoms with Crippen LogP contribution < -0.4 is 5.32 Å². The Morgan fingerprint density at radius 3 is 2.43 bits per heavy atom. The van der Waals surface area contributed by atoms with E-state index in [1.165, 1.54) is 4.90 Å². The Morgan fingerprint density at radius 1 is 1.17 bits per heavy atom. The molecule has 3 amide bonds. The van der Waals surface area contributed by atoms with Crippen molar-refractivity contribution in [1.82, 2.24) is 10.2 Å². The normalized spacial score (nSPS) is 21.6. The summed E-state index contributed by atoms with van der Waals surface area (Å²) in [6, 6.07) is 12.6. The SMILES string of the molecule is CC1OCC(=O)C1(C)NC(=O)N(CCC(C)(C)C)C(=O)c1ccc2ccccc2c1.